The summed E-state index contributed by atoms with van der Waals surface area (Å²) in [4.78, 5) is 52.8. The van der Waals surface area contributed by atoms with E-state index in [1.165, 1.54) is 30.3 Å². The maximum Gasteiger partial charge on any atom is 0.471 e. The van der Waals surface area contributed by atoms with Crippen LogP contribution < -0.4 is 15.4 Å². The van der Waals surface area contributed by atoms with Crippen LogP contribution in [0.3, 0.4) is 0 Å². The highest BCUT2D eigenvalue weighted by Gasteiger charge is 2.54. The molecular formula is C39H38F6N5O8P. The number of likely N-dealkylation sites (tertiary alicyclic amines) is 1. The fourth-order valence-electron chi connectivity index (χ4n) is 7.18. The summed E-state index contributed by atoms with van der Waals surface area (Å²) >= 11 is 0. The number of fused-ring (bicyclic) bond motifs is 6. The van der Waals surface area contributed by atoms with E-state index in [4.69, 9.17) is 23.8 Å². The SMILES string of the molecule is CC(C)N(C(C)C)P(OCCC#N)OC1CCN(C(=O)c2ccc3c(c2)C2(OC3=O)c3ccc(NC(=O)C(F)(F)F)cc3Oc3cc(NC(=O)C(F)(F)F)ccc32)CC1. The highest BCUT2D eigenvalue weighted by atomic mass is 31.2. The Balaban J connectivity index is 1.32. The molecular weight excluding hydrogens is 811 g/mol. The lowest BCUT2D eigenvalue weighted by Crippen LogP contribution is -2.42. The lowest BCUT2D eigenvalue weighted by molar-refractivity contribution is -0.167. The number of benzene rings is 3. The molecule has 3 amide bonds. The van der Waals surface area contributed by atoms with Crippen molar-refractivity contribution in [1.82, 2.24) is 9.57 Å². The fraction of sp³-hybridized carbons (Fsp3) is 0.410. The summed E-state index contributed by atoms with van der Waals surface area (Å²) in [6, 6.07) is 13.3. The normalized spacial score (nSPS) is 16.5. The minimum Gasteiger partial charge on any atom is -0.456 e. The van der Waals surface area contributed by atoms with Gasteiger partial charge in [-0.15, -0.1) is 0 Å². The molecule has 3 aromatic carbocycles. The molecule has 6 rings (SSSR count). The van der Waals surface area contributed by atoms with E-state index in [9.17, 15) is 45.5 Å². The van der Waals surface area contributed by atoms with Gasteiger partial charge in [-0.1, -0.05) is 0 Å². The van der Waals surface area contributed by atoms with Crippen molar-refractivity contribution in [3.63, 3.8) is 0 Å². The quantitative estimate of drug-likeness (QED) is 0.0835. The number of esters is 1. The number of carbonyl (C=O) groups excluding carboxylic acids is 4. The van der Waals surface area contributed by atoms with E-state index in [-0.39, 0.29) is 81.9 Å². The molecule has 1 saturated heterocycles. The number of amides is 3. The van der Waals surface area contributed by atoms with Crippen LogP contribution in [0.1, 0.15) is 84.4 Å². The molecule has 13 nitrogen and oxygen atoms in total. The van der Waals surface area contributed by atoms with Crippen molar-refractivity contribution < 1.29 is 64.0 Å². The van der Waals surface area contributed by atoms with E-state index in [0.717, 1.165) is 24.3 Å². The van der Waals surface area contributed by atoms with Gasteiger partial charge < -0.3 is 34.1 Å². The van der Waals surface area contributed by atoms with Crippen LogP contribution >= 0.6 is 8.53 Å². The minimum absolute atomic E-state index is 0.0148. The van der Waals surface area contributed by atoms with Gasteiger partial charge in [0.15, 0.2) is 5.60 Å². The van der Waals surface area contributed by atoms with Crippen LogP contribution in [0.15, 0.2) is 54.6 Å². The Morgan fingerprint density at radius 2 is 1.42 bits per heavy atom. The number of halogens is 6. The van der Waals surface area contributed by atoms with Crippen molar-refractivity contribution in [1.29, 1.82) is 5.26 Å². The molecule has 1 atom stereocenters. The largest absolute Gasteiger partial charge is 0.471 e. The summed E-state index contributed by atoms with van der Waals surface area (Å²) in [6.45, 7) is 8.89. The molecule has 3 aromatic rings. The first-order valence-electron chi connectivity index (χ1n) is 18.4. The molecule has 3 aliphatic rings. The van der Waals surface area contributed by atoms with Gasteiger partial charge in [0.1, 0.15) is 11.5 Å². The molecule has 0 radical (unpaired) electrons. The van der Waals surface area contributed by atoms with Crippen LogP contribution in [0, 0.1) is 11.3 Å². The third-order valence-electron chi connectivity index (χ3n) is 9.71. The monoisotopic (exact) mass is 849 g/mol. The van der Waals surface area contributed by atoms with Crippen molar-refractivity contribution in [3.8, 4) is 17.6 Å². The van der Waals surface area contributed by atoms with Crippen molar-refractivity contribution in [2.24, 2.45) is 0 Å². The van der Waals surface area contributed by atoms with E-state index < -0.39 is 50.2 Å². The number of hydrogen-bond donors (Lipinski definition) is 2. The van der Waals surface area contributed by atoms with E-state index in [0.29, 0.717) is 25.9 Å². The standard InChI is InChI=1S/C39H38F6N5O8P/c1-21(2)50(22(3)4)59(55-17-5-14-46)58-26-12-15-49(16-13-26)33(51)23-6-9-27-30(18-23)37(57-34(27)52)28-10-7-24(47-35(53)38(40,41)42)19-31(28)56-32-20-25(8-11-29(32)37)48-36(54)39(43,44)45/h6-11,18-22,26H,5,12-13,15-17H2,1-4H3,(H,47,53)(H,48,54). The first-order chi connectivity index (χ1) is 27.7. The third kappa shape index (κ3) is 8.86. The lowest BCUT2D eigenvalue weighted by Gasteiger charge is -2.39. The van der Waals surface area contributed by atoms with Gasteiger partial charge in [-0.05, 0) is 83.0 Å². The van der Waals surface area contributed by atoms with Crippen LogP contribution in [-0.2, 0) is 29.0 Å². The number of carbonyl (C=O) groups is 4. The number of nitrogens with one attached hydrogen (secondary N) is 2. The molecule has 1 unspecified atom stereocenters. The highest BCUT2D eigenvalue weighted by molar-refractivity contribution is 7.44. The van der Waals surface area contributed by atoms with Crippen LogP contribution in [0.5, 0.6) is 11.5 Å². The molecule has 1 fully saturated rings. The molecule has 59 heavy (non-hydrogen) atoms. The number of nitriles is 1. The minimum atomic E-state index is -5.25. The van der Waals surface area contributed by atoms with Gasteiger partial charge in [0.05, 0.1) is 30.8 Å². The second-order valence-corrected chi connectivity index (χ2v) is 15.8. The van der Waals surface area contributed by atoms with Crippen molar-refractivity contribution >= 4 is 43.6 Å². The first kappa shape index (κ1) is 43.3. The van der Waals surface area contributed by atoms with E-state index >= 15 is 0 Å². The second kappa shape index (κ2) is 16.8. The van der Waals surface area contributed by atoms with Crippen LogP contribution in [0.4, 0.5) is 37.7 Å². The summed E-state index contributed by atoms with van der Waals surface area (Å²) < 4.78 is 105. The van der Waals surface area contributed by atoms with Crippen molar-refractivity contribution in [2.75, 3.05) is 30.3 Å². The van der Waals surface area contributed by atoms with Gasteiger partial charge in [-0.2, -0.15) is 31.6 Å². The predicted molar refractivity (Wildman–Crippen MR) is 199 cm³/mol. The van der Waals surface area contributed by atoms with E-state index in [1.54, 1.807) is 15.5 Å². The summed E-state index contributed by atoms with van der Waals surface area (Å²) in [5, 5.41) is 12.5. The Bertz CT molecular complexity index is 2100. The summed E-state index contributed by atoms with van der Waals surface area (Å²) in [6.07, 6.45) is -9.63. The van der Waals surface area contributed by atoms with Gasteiger partial charge in [-0.25, -0.2) is 9.46 Å². The summed E-state index contributed by atoms with van der Waals surface area (Å²) in [5.74, 6) is -6.35. The zero-order valence-electron chi connectivity index (χ0n) is 32.0. The summed E-state index contributed by atoms with van der Waals surface area (Å²) in [5.41, 5.74) is -2.31. The number of rotatable bonds is 11. The van der Waals surface area contributed by atoms with Crippen LogP contribution in [0.2, 0.25) is 0 Å². The highest BCUT2D eigenvalue weighted by Crippen LogP contribution is 2.57. The first-order valence-corrected chi connectivity index (χ1v) is 19.5. The number of anilines is 2. The fourth-order valence-corrected chi connectivity index (χ4v) is 8.95. The Morgan fingerprint density at radius 1 is 0.881 bits per heavy atom. The van der Waals surface area contributed by atoms with Gasteiger partial charge >= 0.3 is 30.1 Å². The van der Waals surface area contributed by atoms with Gasteiger partial charge in [0.2, 0.25) is 0 Å². The third-order valence-corrected chi connectivity index (χ3v) is 11.9. The van der Waals surface area contributed by atoms with Crippen LogP contribution in [-0.4, -0.2) is 83.5 Å². The number of ether oxygens (including phenoxy) is 2. The van der Waals surface area contributed by atoms with Crippen molar-refractivity contribution in [3.05, 3.63) is 82.4 Å². The molecule has 20 heteroatoms. The maximum atomic E-state index is 14.1. The molecule has 0 saturated carbocycles. The van der Waals surface area contributed by atoms with Gasteiger partial charge in [0.25, 0.3) is 14.4 Å². The van der Waals surface area contributed by atoms with Crippen molar-refractivity contribution in [2.45, 2.75) is 83.1 Å². The Kier molecular flexibility index (Phi) is 12.3. The molecule has 2 N–H and O–H groups in total. The number of piperidine rings is 1. The number of alkyl halides is 6. The molecule has 0 bridgehead atoms. The number of nitrogens with zero attached hydrogens (tertiary/aromatic N) is 3. The molecule has 3 aliphatic heterocycles. The molecule has 314 valence electrons. The molecule has 0 aromatic heterocycles. The van der Waals surface area contributed by atoms with Crippen LogP contribution in [0.25, 0.3) is 0 Å². The van der Waals surface area contributed by atoms with E-state index in [2.05, 4.69) is 10.7 Å². The second-order valence-electron chi connectivity index (χ2n) is 14.4. The Hall–Kier alpha value is -5.28. The maximum absolute atomic E-state index is 14.1. The Labute approximate surface area is 335 Å². The molecule has 1 spiro atoms. The lowest BCUT2D eigenvalue weighted by atomic mass is 9.77. The Morgan fingerprint density at radius 3 is 1.92 bits per heavy atom. The average Bonchev–Trinajstić information content (AvgIpc) is 3.45. The molecule has 0 aliphatic carbocycles. The zero-order valence-corrected chi connectivity index (χ0v) is 32.9. The van der Waals surface area contributed by atoms with Gasteiger partial charge in [-0.3, -0.25) is 14.4 Å². The smallest absolute Gasteiger partial charge is 0.456 e. The predicted octanol–water partition coefficient (Wildman–Crippen LogP) is 8.15. The number of hydrogen-bond acceptors (Lipinski definition) is 10. The van der Waals surface area contributed by atoms with E-state index in [1.807, 2.05) is 27.7 Å². The average molecular weight is 850 g/mol. The molecule has 3 heterocycles. The van der Waals surface area contributed by atoms with Gasteiger partial charge in [0, 0.05) is 70.9 Å². The zero-order chi connectivity index (χ0) is 43.0. The summed E-state index contributed by atoms with van der Waals surface area (Å²) in [7, 11) is -1.51. The topological polar surface area (TPSA) is 160 Å².